The molecule has 6 heteroatoms. The van der Waals surface area contributed by atoms with Crippen LogP contribution in [0, 0.1) is 0 Å². The number of fused-ring (bicyclic) bond motifs is 9. The average molecular weight is 421 g/mol. The second kappa shape index (κ2) is 7.93. The maximum atomic E-state index is 12.5. The third kappa shape index (κ3) is 3.55. The highest BCUT2D eigenvalue weighted by atomic mass is 16.5. The number of benzene rings is 2. The highest BCUT2D eigenvalue weighted by molar-refractivity contribution is 5.88. The van der Waals surface area contributed by atoms with Crippen molar-refractivity contribution in [1.29, 1.82) is 0 Å². The summed E-state index contributed by atoms with van der Waals surface area (Å²) in [6.45, 7) is 0.966. The molecule has 4 bridgehead atoms. The van der Waals surface area contributed by atoms with E-state index in [2.05, 4.69) is 4.90 Å². The zero-order valence-corrected chi connectivity index (χ0v) is 17.6. The number of nitrogens with zero attached hydrogens (tertiary/aromatic N) is 1. The molecular formula is C25H27NO5. The lowest BCUT2D eigenvalue weighted by molar-refractivity contribution is -0.148. The van der Waals surface area contributed by atoms with Crippen LogP contribution in [-0.2, 0) is 9.53 Å². The predicted octanol–water partition coefficient (Wildman–Crippen LogP) is 4.40. The van der Waals surface area contributed by atoms with Gasteiger partial charge in [0.25, 0.3) is 0 Å². The molecule has 2 N–H and O–H groups in total. The molecule has 2 fully saturated rings. The Morgan fingerprint density at radius 3 is 2.81 bits per heavy atom. The van der Waals surface area contributed by atoms with Crippen LogP contribution in [0.3, 0.4) is 0 Å². The lowest BCUT2D eigenvalue weighted by atomic mass is 9.81. The summed E-state index contributed by atoms with van der Waals surface area (Å²) >= 11 is 0. The molecule has 2 aromatic rings. The monoisotopic (exact) mass is 421 g/mol. The minimum absolute atomic E-state index is 0.0150. The number of carbonyl (C=O) groups is 1. The summed E-state index contributed by atoms with van der Waals surface area (Å²) in [5.41, 5.74) is 2.76. The van der Waals surface area contributed by atoms with E-state index in [1.54, 1.807) is 30.3 Å². The van der Waals surface area contributed by atoms with Gasteiger partial charge in [-0.15, -0.1) is 0 Å². The van der Waals surface area contributed by atoms with Crippen molar-refractivity contribution in [2.75, 3.05) is 13.7 Å². The summed E-state index contributed by atoms with van der Waals surface area (Å²) < 4.78 is 11.2. The van der Waals surface area contributed by atoms with Crippen molar-refractivity contribution in [3.8, 4) is 28.4 Å². The van der Waals surface area contributed by atoms with Gasteiger partial charge in [0.05, 0.1) is 7.11 Å². The number of esters is 1. The van der Waals surface area contributed by atoms with Crippen molar-refractivity contribution >= 4 is 12.0 Å². The zero-order valence-electron chi connectivity index (χ0n) is 17.6. The number of carbonyl (C=O) groups excluding carboxylic acids is 1. The van der Waals surface area contributed by atoms with E-state index in [0.29, 0.717) is 29.3 Å². The van der Waals surface area contributed by atoms with Gasteiger partial charge in [0.2, 0.25) is 0 Å². The molecule has 0 aromatic heterocycles. The first-order valence-corrected chi connectivity index (χ1v) is 10.9. The molecule has 162 valence electrons. The van der Waals surface area contributed by atoms with Crippen LogP contribution in [-0.4, -0.2) is 46.9 Å². The third-order valence-corrected chi connectivity index (χ3v) is 6.83. The van der Waals surface area contributed by atoms with E-state index in [9.17, 15) is 15.0 Å². The average Bonchev–Trinajstić information content (AvgIpc) is 2.77. The Kier molecular flexibility index (Phi) is 5.10. The van der Waals surface area contributed by atoms with Crippen LogP contribution in [0.4, 0.5) is 0 Å². The summed E-state index contributed by atoms with van der Waals surface area (Å²) in [5, 5.41) is 21.9. The molecule has 5 rings (SSSR count). The number of methoxy groups -OCH3 is 1. The minimum atomic E-state index is -0.346. The van der Waals surface area contributed by atoms with Gasteiger partial charge in [-0.05, 0) is 54.8 Å². The van der Waals surface area contributed by atoms with Gasteiger partial charge in [0.15, 0.2) is 11.5 Å². The van der Waals surface area contributed by atoms with E-state index in [1.165, 1.54) is 13.2 Å². The van der Waals surface area contributed by atoms with E-state index in [0.717, 1.165) is 43.4 Å². The topological polar surface area (TPSA) is 79.2 Å². The van der Waals surface area contributed by atoms with Gasteiger partial charge in [0.1, 0.15) is 11.9 Å². The first-order valence-electron chi connectivity index (χ1n) is 10.9. The fraction of sp³-hybridized carbons (Fsp3) is 0.400. The fourth-order valence-corrected chi connectivity index (χ4v) is 5.41. The Morgan fingerprint density at radius 2 is 1.97 bits per heavy atom. The smallest absolute Gasteiger partial charge is 0.331 e. The van der Waals surface area contributed by atoms with Crippen LogP contribution >= 0.6 is 0 Å². The fourth-order valence-electron chi connectivity index (χ4n) is 5.41. The van der Waals surface area contributed by atoms with Crippen LogP contribution in [0.25, 0.3) is 17.2 Å². The lowest BCUT2D eigenvalue weighted by Gasteiger charge is -2.48. The molecule has 3 aliphatic rings. The maximum absolute atomic E-state index is 12.5. The summed E-state index contributed by atoms with van der Waals surface area (Å²) in [6, 6.07) is 9.14. The van der Waals surface area contributed by atoms with Crippen LogP contribution in [0.2, 0.25) is 0 Å². The van der Waals surface area contributed by atoms with Crippen molar-refractivity contribution in [1.82, 2.24) is 4.90 Å². The second-order valence-corrected chi connectivity index (χ2v) is 8.62. The molecule has 0 spiro atoms. The van der Waals surface area contributed by atoms with Crippen molar-refractivity contribution < 1.29 is 24.5 Å². The van der Waals surface area contributed by atoms with E-state index < -0.39 is 0 Å². The Labute approximate surface area is 181 Å². The summed E-state index contributed by atoms with van der Waals surface area (Å²) in [4.78, 5) is 15.0. The quantitative estimate of drug-likeness (QED) is 0.665. The number of aromatic hydroxyl groups is 2. The maximum Gasteiger partial charge on any atom is 0.331 e. The minimum Gasteiger partial charge on any atom is -0.507 e. The van der Waals surface area contributed by atoms with Gasteiger partial charge in [-0.2, -0.15) is 0 Å². The van der Waals surface area contributed by atoms with E-state index in [1.807, 2.05) is 6.07 Å². The predicted molar refractivity (Wildman–Crippen MR) is 117 cm³/mol. The first-order chi connectivity index (χ1) is 15.0. The van der Waals surface area contributed by atoms with Gasteiger partial charge >= 0.3 is 5.97 Å². The molecule has 0 radical (unpaired) electrons. The first kappa shape index (κ1) is 19.9. The molecule has 0 amide bonds. The molecule has 2 saturated heterocycles. The van der Waals surface area contributed by atoms with E-state index in [-0.39, 0.29) is 29.6 Å². The molecular weight excluding hydrogens is 394 g/mol. The standard InChI is InChI=1S/C25H27NO5/c1-30-22-9-7-18-20-14-17(13-16-4-2-3-11-26(16)20)31-23(28)10-6-15-5-8-21(27)19(12-15)24(18)25(22)29/h5-10,12,16-17,20,27,29H,2-4,11,13-14H2,1H3/t16-,17+,20+/m1/s1. The van der Waals surface area contributed by atoms with Crippen LogP contribution in [0.15, 0.2) is 36.4 Å². The zero-order chi connectivity index (χ0) is 21.5. The highest BCUT2D eigenvalue weighted by Crippen LogP contribution is 2.49. The largest absolute Gasteiger partial charge is 0.507 e. The second-order valence-electron chi connectivity index (χ2n) is 8.62. The number of ether oxygens (including phenoxy) is 2. The molecule has 2 aromatic carbocycles. The Bertz CT molecular complexity index is 1050. The van der Waals surface area contributed by atoms with Crippen LogP contribution in [0.5, 0.6) is 17.2 Å². The SMILES string of the molecule is COc1ccc2c(c1O)-c1cc(ccc1O)C=CC(=O)O[C@H]1C[C@H]3CCCCN3[C@H]2C1. The summed E-state index contributed by atoms with van der Waals surface area (Å²) in [5.74, 6) is 0.103. The van der Waals surface area contributed by atoms with Gasteiger partial charge in [0, 0.05) is 42.1 Å². The molecule has 31 heavy (non-hydrogen) atoms. The highest BCUT2D eigenvalue weighted by Gasteiger charge is 2.40. The number of hydrogen-bond donors (Lipinski definition) is 2. The molecule has 0 unspecified atom stereocenters. The molecule has 0 saturated carbocycles. The molecule has 0 aliphatic carbocycles. The molecule has 3 heterocycles. The molecule has 6 nitrogen and oxygen atoms in total. The normalized spacial score (nSPS) is 25.5. The number of phenolic OH excluding ortho intramolecular Hbond substituents is 2. The summed E-state index contributed by atoms with van der Waals surface area (Å²) in [7, 11) is 1.52. The van der Waals surface area contributed by atoms with Crippen molar-refractivity contribution in [2.24, 2.45) is 0 Å². The van der Waals surface area contributed by atoms with Crippen molar-refractivity contribution in [2.45, 2.75) is 50.3 Å². The third-order valence-electron chi connectivity index (χ3n) is 6.83. The Morgan fingerprint density at radius 1 is 1.10 bits per heavy atom. The van der Waals surface area contributed by atoms with E-state index >= 15 is 0 Å². The van der Waals surface area contributed by atoms with Crippen molar-refractivity contribution in [3.05, 3.63) is 47.5 Å². The van der Waals surface area contributed by atoms with Crippen LogP contribution < -0.4 is 4.74 Å². The van der Waals surface area contributed by atoms with Crippen LogP contribution in [0.1, 0.15) is 49.3 Å². The molecule has 3 atom stereocenters. The van der Waals surface area contributed by atoms with Gasteiger partial charge < -0.3 is 19.7 Å². The van der Waals surface area contributed by atoms with Gasteiger partial charge in [-0.25, -0.2) is 4.79 Å². The lowest BCUT2D eigenvalue weighted by Crippen LogP contribution is -2.49. The number of hydrogen-bond acceptors (Lipinski definition) is 6. The van der Waals surface area contributed by atoms with Crippen molar-refractivity contribution in [3.63, 3.8) is 0 Å². The summed E-state index contributed by atoms with van der Waals surface area (Å²) in [6.07, 6.45) is 7.75. The Balaban J connectivity index is 1.76. The number of phenols is 2. The molecule has 3 aliphatic heterocycles. The van der Waals surface area contributed by atoms with E-state index in [4.69, 9.17) is 9.47 Å². The van der Waals surface area contributed by atoms with Gasteiger partial charge in [-0.1, -0.05) is 18.6 Å². The number of piperidine rings is 2. The Hall–Kier alpha value is -2.99. The number of rotatable bonds is 1. The van der Waals surface area contributed by atoms with Gasteiger partial charge in [-0.3, -0.25) is 4.90 Å².